The van der Waals surface area contributed by atoms with Gasteiger partial charge in [0.05, 0.1) is 12.1 Å². The van der Waals surface area contributed by atoms with Crippen LogP contribution in [0.4, 0.5) is 5.82 Å². The van der Waals surface area contributed by atoms with Crippen molar-refractivity contribution in [1.29, 1.82) is 0 Å². The summed E-state index contributed by atoms with van der Waals surface area (Å²) < 4.78 is 0. The molecule has 1 aromatic heterocycles. The average Bonchev–Trinajstić information content (AvgIpc) is 3.07. The summed E-state index contributed by atoms with van der Waals surface area (Å²) in [7, 11) is 0. The molecule has 6 heteroatoms. The number of hydrogen-bond donors (Lipinski definition) is 1. The van der Waals surface area contributed by atoms with Gasteiger partial charge in [0, 0.05) is 37.3 Å². The summed E-state index contributed by atoms with van der Waals surface area (Å²) in [4.78, 5) is 16.9. The van der Waals surface area contributed by atoms with Gasteiger partial charge >= 0.3 is 0 Å². The van der Waals surface area contributed by atoms with Crippen molar-refractivity contribution >= 4 is 23.3 Å². The summed E-state index contributed by atoms with van der Waals surface area (Å²) in [5.74, 6) is 1.11. The van der Waals surface area contributed by atoms with E-state index in [1.165, 1.54) is 0 Å². The molecule has 2 heterocycles. The van der Waals surface area contributed by atoms with Crippen molar-refractivity contribution in [1.82, 2.24) is 15.1 Å². The van der Waals surface area contributed by atoms with Crippen LogP contribution in [0.15, 0.2) is 60.7 Å². The number of nitrogens with one attached hydrogen (secondary N) is 1. The zero-order valence-electron chi connectivity index (χ0n) is 15.6. The first kappa shape index (κ1) is 18.6. The SMILES string of the molecule is O=C(Cc1ccccc1)N1CCCN(c2cc(-c3ccc(Cl)cc3)[nH]n2)CC1. The summed E-state index contributed by atoms with van der Waals surface area (Å²) in [6, 6.07) is 19.7. The second-order valence-corrected chi connectivity index (χ2v) is 7.47. The summed E-state index contributed by atoms with van der Waals surface area (Å²) in [5.41, 5.74) is 3.08. The minimum Gasteiger partial charge on any atom is -0.353 e. The van der Waals surface area contributed by atoms with Gasteiger partial charge in [-0.1, -0.05) is 54.1 Å². The van der Waals surface area contributed by atoms with Gasteiger partial charge in [-0.05, 0) is 29.7 Å². The highest BCUT2D eigenvalue weighted by Gasteiger charge is 2.21. The van der Waals surface area contributed by atoms with Crippen molar-refractivity contribution < 1.29 is 4.79 Å². The lowest BCUT2D eigenvalue weighted by atomic mass is 10.1. The Hall–Kier alpha value is -2.79. The van der Waals surface area contributed by atoms with Crippen molar-refractivity contribution in [3.8, 4) is 11.3 Å². The van der Waals surface area contributed by atoms with Gasteiger partial charge in [-0.15, -0.1) is 0 Å². The number of rotatable bonds is 4. The molecule has 2 aromatic carbocycles. The van der Waals surface area contributed by atoms with Gasteiger partial charge in [-0.3, -0.25) is 9.89 Å². The van der Waals surface area contributed by atoms with Gasteiger partial charge in [-0.25, -0.2) is 0 Å². The molecule has 1 N–H and O–H groups in total. The van der Waals surface area contributed by atoms with Gasteiger partial charge in [-0.2, -0.15) is 5.10 Å². The fourth-order valence-electron chi connectivity index (χ4n) is 3.53. The molecule has 0 radical (unpaired) electrons. The smallest absolute Gasteiger partial charge is 0.227 e. The summed E-state index contributed by atoms with van der Waals surface area (Å²) >= 11 is 5.97. The minimum absolute atomic E-state index is 0.192. The predicted molar refractivity (Wildman–Crippen MR) is 113 cm³/mol. The Morgan fingerprint density at radius 2 is 1.79 bits per heavy atom. The molecule has 28 heavy (non-hydrogen) atoms. The molecular weight excluding hydrogens is 372 g/mol. The maximum absolute atomic E-state index is 12.7. The highest BCUT2D eigenvalue weighted by Crippen LogP contribution is 2.24. The van der Waals surface area contributed by atoms with E-state index in [0.717, 1.165) is 60.3 Å². The Kier molecular flexibility index (Phi) is 5.63. The van der Waals surface area contributed by atoms with E-state index in [1.54, 1.807) is 0 Å². The maximum atomic E-state index is 12.7. The minimum atomic E-state index is 0.192. The molecule has 0 aliphatic carbocycles. The zero-order valence-corrected chi connectivity index (χ0v) is 16.4. The Labute approximate surface area is 169 Å². The Morgan fingerprint density at radius 3 is 2.57 bits per heavy atom. The van der Waals surface area contributed by atoms with E-state index in [-0.39, 0.29) is 5.91 Å². The predicted octanol–water partition coefficient (Wildman–Crippen LogP) is 4.01. The molecule has 1 aliphatic heterocycles. The van der Waals surface area contributed by atoms with Gasteiger partial charge in [0.1, 0.15) is 0 Å². The molecule has 4 rings (SSSR count). The molecule has 1 aliphatic rings. The third-order valence-electron chi connectivity index (χ3n) is 5.09. The molecule has 0 bridgehead atoms. The first-order chi connectivity index (χ1) is 13.7. The highest BCUT2D eigenvalue weighted by molar-refractivity contribution is 6.30. The molecule has 5 nitrogen and oxygen atoms in total. The fraction of sp³-hybridized carbons (Fsp3) is 0.273. The van der Waals surface area contributed by atoms with Crippen LogP contribution in [0.3, 0.4) is 0 Å². The Balaban J connectivity index is 1.39. The molecule has 3 aromatic rings. The molecule has 1 amide bonds. The number of carbonyl (C=O) groups is 1. The molecule has 0 spiro atoms. The van der Waals surface area contributed by atoms with E-state index in [2.05, 4.69) is 21.2 Å². The number of hydrogen-bond acceptors (Lipinski definition) is 3. The molecule has 0 atom stereocenters. The molecule has 144 valence electrons. The highest BCUT2D eigenvalue weighted by atomic mass is 35.5. The van der Waals surface area contributed by atoms with Gasteiger partial charge in [0.25, 0.3) is 0 Å². The van der Waals surface area contributed by atoms with Crippen molar-refractivity contribution in [3.05, 3.63) is 71.2 Å². The van der Waals surface area contributed by atoms with Crippen molar-refractivity contribution in [2.45, 2.75) is 12.8 Å². The number of H-pyrrole nitrogens is 1. The standard InChI is InChI=1S/C22H23ClN4O/c23-19-9-7-18(8-10-19)20-16-21(25-24-20)26-11-4-12-27(14-13-26)22(28)15-17-5-2-1-3-6-17/h1-3,5-10,16H,4,11-15H2,(H,24,25). The van der Waals surface area contributed by atoms with Gasteiger partial charge < -0.3 is 9.80 Å². The van der Waals surface area contributed by atoms with Gasteiger partial charge in [0.2, 0.25) is 5.91 Å². The van der Waals surface area contributed by atoms with E-state index < -0.39 is 0 Å². The quantitative estimate of drug-likeness (QED) is 0.727. The number of nitrogens with zero attached hydrogens (tertiary/aromatic N) is 3. The number of benzene rings is 2. The van der Waals surface area contributed by atoms with E-state index in [0.29, 0.717) is 6.42 Å². The number of carbonyl (C=O) groups excluding carboxylic acids is 1. The topological polar surface area (TPSA) is 52.2 Å². The molecule has 1 saturated heterocycles. The normalized spacial score (nSPS) is 14.8. The lowest BCUT2D eigenvalue weighted by molar-refractivity contribution is -0.130. The van der Waals surface area contributed by atoms with Crippen LogP contribution in [-0.2, 0) is 11.2 Å². The summed E-state index contributed by atoms with van der Waals surface area (Å²) in [6.07, 6.45) is 1.40. The van der Waals surface area contributed by atoms with Crippen LogP contribution in [0, 0.1) is 0 Å². The fourth-order valence-corrected chi connectivity index (χ4v) is 3.65. The number of amides is 1. The first-order valence-electron chi connectivity index (χ1n) is 9.57. The van der Waals surface area contributed by atoms with Crippen LogP contribution >= 0.6 is 11.6 Å². The number of aromatic nitrogens is 2. The number of halogens is 1. The second kappa shape index (κ2) is 8.48. The molecular formula is C22H23ClN4O. The molecule has 0 unspecified atom stereocenters. The Bertz CT molecular complexity index is 923. The molecule has 0 saturated carbocycles. The monoisotopic (exact) mass is 394 g/mol. The van der Waals surface area contributed by atoms with Crippen LogP contribution in [0.2, 0.25) is 5.02 Å². The van der Waals surface area contributed by atoms with E-state index in [1.807, 2.05) is 59.5 Å². The third kappa shape index (κ3) is 4.37. The van der Waals surface area contributed by atoms with E-state index in [4.69, 9.17) is 11.6 Å². The van der Waals surface area contributed by atoms with Crippen LogP contribution < -0.4 is 4.90 Å². The first-order valence-corrected chi connectivity index (χ1v) is 9.95. The third-order valence-corrected chi connectivity index (χ3v) is 5.34. The summed E-state index contributed by atoms with van der Waals surface area (Å²) in [5, 5.41) is 8.31. The second-order valence-electron chi connectivity index (χ2n) is 7.03. The lowest BCUT2D eigenvalue weighted by Gasteiger charge is -2.22. The van der Waals surface area contributed by atoms with Crippen molar-refractivity contribution in [2.75, 3.05) is 31.1 Å². The van der Waals surface area contributed by atoms with Crippen LogP contribution in [0.5, 0.6) is 0 Å². The maximum Gasteiger partial charge on any atom is 0.227 e. The number of anilines is 1. The lowest BCUT2D eigenvalue weighted by Crippen LogP contribution is -2.36. The van der Waals surface area contributed by atoms with Crippen LogP contribution in [-0.4, -0.2) is 47.2 Å². The van der Waals surface area contributed by atoms with E-state index in [9.17, 15) is 4.79 Å². The average molecular weight is 395 g/mol. The number of aromatic amines is 1. The summed E-state index contributed by atoms with van der Waals surface area (Å²) in [6.45, 7) is 3.18. The van der Waals surface area contributed by atoms with Crippen molar-refractivity contribution in [3.63, 3.8) is 0 Å². The van der Waals surface area contributed by atoms with Crippen molar-refractivity contribution in [2.24, 2.45) is 0 Å². The van der Waals surface area contributed by atoms with Crippen LogP contribution in [0.1, 0.15) is 12.0 Å². The van der Waals surface area contributed by atoms with Gasteiger partial charge in [0.15, 0.2) is 5.82 Å². The zero-order chi connectivity index (χ0) is 19.3. The molecule has 1 fully saturated rings. The Morgan fingerprint density at radius 1 is 1.00 bits per heavy atom. The largest absolute Gasteiger partial charge is 0.353 e. The van der Waals surface area contributed by atoms with Crippen LogP contribution in [0.25, 0.3) is 11.3 Å². The van der Waals surface area contributed by atoms with E-state index >= 15 is 0 Å².